The van der Waals surface area contributed by atoms with Gasteiger partial charge in [0.1, 0.15) is 11.6 Å². The van der Waals surface area contributed by atoms with Crippen molar-refractivity contribution in [3.63, 3.8) is 0 Å². The number of rotatable bonds is 9. The second-order valence-electron chi connectivity index (χ2n) is 8.50. The van der Waals surface area contributed by atoms with Crippen LogP contribution < -0.4 is 15.4 Å². The van der Waals surface area contributed by atoms with E-state index in [1.165, 1.54) is 18.4 Å². The molecular weight excluding hydrogens is 405 g/mol. The maximum Gasteiger partial charge on any atom is 0.191 e. The summed E-state index contributed by atoms with van der Waals surface area (Å²) < 4.78 is 19.4. The Kier molecular flexibility index (Phi) is 8.88. The Morgan fingerprint density at radius 2 is 1.84 bits per heavy atom. The van der Waals surface area contributed by atoms with Crippen LogP contribution in [0.4, 0.5) is 4.39 Å². The van der Waals surface area contributed by atoms with Crippen molar-refractivity contribution in [3.05, 3.63) is 65.0 Å². The highest BCUT2D eigenvalue weighted by atomic mass is 19.1. The molecule has 32 heavy (non-hydrogen) atoms. The minimum atomic E-state index is -0.169. The third kappa shape index (κ3) is 6.68. The lowest BCUT2D eigenvalue weighted by atomic mass is 10.1. The molecule has 0 radical (unpaired) electrons. The summed E-state index contributed by atoms with van der Waals surface area (Å²) in [4.78, 5) is 8.87. The van der Waals surface area contributed by atoms with Crippen LogP contribution in [0.1, 0.15) is 35.6 Å². The summed E-state index contributed by atoms with van der Waals surface area (Å²) in [5, 5.41) is 6.85. The Hall–Kier alpha value is -2.64. The molecule has 1 saturated heterocycles. The average Bonchev–Trinajstić information content (AvgIpc) is 3.32. The summed E-state index contributed by atoms with van der Waals surface area (Å²) >= 11 is 0. The van der Waals surface area contributed by atoms with Crippen molar-refractivity contribution >= 4 is 5.96 Å². The topological polar surface area (TPSA) is 52.1 Å². The second-order valence-corrected chi connectivity index (χ2v) is 8.50. The number of ether oxygens (including phenoxy) is 1. The SMILES string of the molecule is CN=C(NCc1ccc(F)c(CN(C)C)c1)NCC(c1ccc(OC)cc1)N1CCCC1. The van der Waals surface area contributed by atoms with Crippen molar-refractivity contribution in [2.75, 3.05) is 47.9 Å². The highest BCUT2D eigenvalue weighted by Gasteiger charge is 2.23. The summed E-state index contributed by atoms with van der Waals surface area (Å²) in [6.45, 7) is 4.12. The van der Waals surface area contributed by atoms with Gasteiger partial charge >= 0.3 is 0 Å². The Labute approximate surface area is 191 Å². The summed E-state index contributed by atoms with van der Waals surface area (Å²) in [6.07, 6.45) is 2.47. The predicted molar refractivity (Wildman–Crippen MR) is 129 cm³/mol. The molecule has 2 aromatic rings. The summed E-state index contributed by atoms with van der Waals surface area (Å²) in [5.74, 6) is 1.44. The number of halogens is 1. The number of hydrogen-bond donors (Lipinski definition) is 2. The normalized spacial score (nSPS) is 15.8. The zero-order valence-corrected chi connectivity index (χ0v) is 19.7. The standard InChI is InChI=1S/C25H36FN5O/c1-27-25(28-16-19-7-12-23(26)21(15-19)18-30(2)3)29-17-24(31-13-5-6-14-31)20-8-10-22(32-4)11-9-20/h7-12,15,24H,5-6,13-14,16-18H2,1-4H3,(H2,27,28,29). The number of nitrogens with zero attached hydrogens (tertiary/aromatic N) is 3. The van der Waals surface area contributed by atoms with Crippen molar-refractivity contribution < 1.29 is 9.13 Å². The van der Waals surface area contributed by atoms with Gasteiger partial charge in [0.2, 0.25) is 0 Å². The van der Waals surface area contributed by atoms with E-state index in [2.05, 4.69) is 32.7 Å². The Bertz CT molecular complexity index is 878. The molecule has 2 N–H and O–H groups in total. The van der Waals surface area contributed by atoms with Crippen molar-refractivity contribution in [2.45, 2.75) is 32.0 Å². The van der Waals surface area contributed by atoms with Crippen LogP contribution in [0.25, 0.3) is 0 Å². The van der Waals surface area contributed by atoms with E-state index in [4.69, 9.17) is 4.74 Å². The minimum absolute atomic E-state index is 0.169. The van der Waals surface area contributed by atoms with Crippen molar-refractivity contribution in [1.29, 1.82) is 0 Å². The van der Waals surface area contributed by atoms with E-state index in [0.29, 0.717) is 18.7 Å². The molecule has 174 valence electrons. The highest BCUT2D eigenvalue weighted by molar-refractivity contribution is 5.79. The number of benzene rings is 2. The van der Waals surface area contributed by atoms with Crippen LogP contribution in [0.3, 0.4) is 0 Å². The second kappa shape index (κ2) is 11.8. The highest BCUT2D eigenvalue weighted by Crippen LogP contribution is 2.26. The van der Waals surface area contributed by atoms with E-state index in [-0.39, 0.29) is 11.9 Å². The quantitative estimate of drug-likeness (QED) is 0.462. The van der Waals surface area contributed by atoms with Gasteiger partial charge in [0.25, 0.3) is 0 Å². The lowest BCUT2D eigenvalue weighted by Gasteiger charge is -2.29. The molecule has 0 saturated carbocycles. The molecule has 1 aliphatic heterocycles. The smallest absolute Gasteiger partial charge is 0.191 e. The predicted octanol–water partition coefficient (Wildman–Crippen LogP) is 3.40. The first-order chi connectivity index (χ1) is 15.5. The van der Waals surface area contributed by atoms with Crippen molar-refractivity contribution in [2.24, 2.45) is 4.99 Å². The van der Waals surface area contributed by atoms with E-state index < -0.39 is 0 Å². The lowest BCUT2D eigenvalue weighted by molar-refractivity contribution is 0.245. The molecule has 0 spiro atoms. The van der Waals surface area contributed by atoms with Crippen molar-refractivity contribution in [1.82, 2.24) is 20.4 Å². The molecule has 7 heteroatoms. The van der Waals surface area contributed by atoms with Gasteiger partial charge in [0, 0.05) is 32.2 Å². The van der Waals surface area contributed by atoms with E-state index >= 15 is 0 Å². The molecule has 0 bridgehead atoms. The Morgan fingerprint density at radius 1 is 1.12 bits per heavy atom. The van der Waals surface area contributed by atoms with Crippen LogP contribution in [-0.4, -0.2) is 63.6 Å². The van der Waals surface area contributed by atoms with Gasteiger partial charge in [0.15, 0.2) is 5.96 Å². The van der Waals surface area contributed by atoms with Gasteiger partial charge in [-0.3, -0.25) is 9.89 Å². The number of guanidine groups is 1. The van der Waals surface area contributed by atoms with Gasteiger partial charge in [-0.25, -0.2) is 4.39 Å². The number of likely N-dealkylation sites (tertiary alicyclic amines) is 1. The first-order valence-electron chi connectivity index (χ1n) is 11.2. The molecule has 3 rings (SSSR count). The molecule has 0 amide bonds. The molecule has 6 nitrogen and oxygen atoms in total. The number of methoxy groups -OCH3 is 1. The van der Waals surface area contributed by atoms with E-state index in [1.54, 1.807) is 20.2 Å². The average molecular weight is 442 g/mol. The first kappa shape index (κ1) is 24.0. The summed E-state index contributed by atoms with van der Waals surface area (Å²) in [7, 11) is 7.34. The first-order valence-corrected chi connectivity index (χ1v) is 11.2. The fourth-order valence-electron chi connectivity index (χ4n) is 4.14. The Balaban J connectivity index is 1.62. The van der Waals surface area contributed by atoms with Gasteiger partial charge in [0.05, 0.1) is 13.2 Å². The molecule has 0 aliphatic carbocycles. The monoisotopic (exact) mass is 441 g/mol. The molecular formula is C25H36FN5O. The maximum absolute atomic E-state index is 14.1. The third-order valence-electron chi connectivity index (χ3n) is 5.83. The molecule has 1 unspecified atom stereocenters. The van der Waals surface area contributed by atoms with Crippen LogP contribution in [0.5, 0.6) is 5.75 Å². The van der Waals surface area contributed by atoms with Crippen LogP contribution >= 0.6 is 0 Å². The van der Waals surface area contributed by atoms with Crippen molar-refractivity contribution in [3.8, 4) is 5.75 Å². The lowest BCUT2D eigenvalue weighted by Crippen LogP contribution is -2.42. The summed E-state index contributed by atoms with van der Waals surface area (Å²) in [5.41, 5.74) is 2.99. The number of hydrogen-bond acceptors (Lipinski definition) is 4. The molecule has 0 aromatic heterocycles. The van der Waals surface area contributed by atoms with Gasteiger partial charge in [-0.2, -0.15) is 0 Å². The largest absolute Gasteiger partial charge is 0.497 e. The van der Waals surface area contributed by atoms with Crippen LogP contribution in [0.15, 0.2) is 47.5 Å². The van der Waals surface area contributed by atoms with Gasteiger partial charge in [-0.15, -0.1) is 0 Å². The van der Waals surface area contributed by atoms with Crippen LogP contribution in [-0.2, 0) is 13.1 Å². The van der Waals surface area contributed by atoms with Crippen LogP contribution in [0, 0.1) is 5.82 Å². The van der Waals surface area contributed by atoms with Gasteiger partial charge in [-0.1, -0.05) is 18.2 Å². The zero-order valence-electron chi connectivity index (χ0n) is 19.7. The third-order valence-corrected chi connectivity index (χ3v) is 5.83. The van der Waals surface area contributed by atoms with E-state index in [0.717, 1.165) is 36.9 Å². The fourth-order valence-corrected chi connectivity index (χ4v) is 4.14. The number of aliphatic imine (C=N–C) groups is 1. The summed E-state index contributed by atoms with van der Waals surface area (Å²) in [6, 6.07) is 13.9. The van der Waals surface area contributed by atoms with E-state index in [1.807, 2.05) is 43.3 Å². The maximum atomic E-state index is 14.1. The van der Waals surface area contributed by atoms with Gasteiger partial charge < -0.3 is 20.3 Å². The molecule has 1 atom stereocenters. The molecule has 1 heterocycles. The van der Waals surface area contributed by atoms with Gasteiger partial charge in [-0.05, 0) is 75.4 Å². The number of nitrogens with one attached hydrogen (secondary N) is 2. The van der Waals surface area contributed by atoms with Crippen LogP contribution in [0.2, 0.25) is 0 Å². The molecule has 2 aromatic carbocycles. The molecule has 1 aliphatic rings. The molecule has 1 fully saturated rings. The fraction of sp³-hybridized carbons (Fsp3) is 0.480. The van der Waals surface area contributed by atoms with E-state index in [9.17, 15) is 4.39 Å². The Morgan fingerprint density at radius 3 is 2.47 bits per heavy atom. The zero-order chi connectivity index (χ0) is 22.9. The minimum Gasteiger partial charge on any atom is -0.497 e.